The Morgan fingerprint density at radius 3 is 2.29 bits per heavy atom. The van der Waals surface area contributed by atoms with Crippen LogP contribution in [-0.4, -0.2) is 6.54 Å². The molecule has 0 spiro atoms. The number of nitrogens with two attached hydrogens (primary N) is 2. The van der Waals surface area contributed by atoms with Crippen LogP contribution in [0.25, 0.3) is 6.08 Å². The Bertz CT molecular complexity index is 365. The van der Waals surface area contributed by atoms with Crippen molar-refractivity contribution >= 4 is 11.8 Å². The van der Waals surface area contributed by atoms with Crippen LogP contribution in [0, 0.1) is 0 Å². The van der Waals surface area contributed by atoms with Gasteiger partial charge in [-0.15, -0.1) is 0 Å². The minimum Gasteiger partial charge on any atom is -0.399 e. The van der Waals surface area contributed by atoms with Crippen LogP contribution in [0.5, 0.6) is 0 Å². The van der Waals surface area contributed by atoms with Crippen LogP contribution in [0.4, 0.5) is 5.69 Å². The number of nitrogen functional groups attached to an aromatic ring is 1. The number of rotatable bonds is 3. The van der Waals surface area contributed by atoms with Crippen LogP contribution >= 0.6 is 0 Å². The highest BCUT2D eigenvalue weighted by molar-refractivity contribution is 5.58. The van der Waals surface area contributed by atoms with Crippen molar-refractivity contribution in [1.29, 1.82) is 0 Å². The van der Waals surface area contributed by atoms with E-state index in [0.717, 1.165) is 12.1 Å². The highest BCUT2D eigenvalue weighted by Gasteiger charge is 1.96. The first kappa shape index (κ1) is 15.5. The summed E-state index contributed by atoms with van der Waals surface area (Å²) in [6.45, 7) is 6.78. The molecule has 4 N–H and O–H groups in total. The second-order valence-electron chi connectivity index (χ2n) is 3.62. The highest BCUT2D eigenvalue weighted by atomic mass is 14.5. The van der Waals surface area contributed by atoms with Gasteiger partial charge in [-0.2, -0.15) is 0 Å². The topological polar surface area (TPSA) is 52.0 Å². The van der Waals surface area contributed by atoms with Gasteiger partial charge < -0.3 is 11.5 Å². The van der Waals surface area contributed by atoms with Gasteiger partial charge in [0.05, 0.1) is 0 Å². The van der Waals surface area contributed by atoms with E-state index in [0.29, 0.717) is 6.54 Å². The lowest BCUT2D eigenvalue weighted by Crippen LogP contribution is -1.90. The molecule has 2 heteroatoms. The summed E-state index contributed by atoms with van der Waals surface area (Å²) in [4.78, 5) is 0. The molecule has 1 rings (SSSR count). The van der Waals surface area contributed by atoms with E-state index in [-0.39, 0.29) is 0 Å². The third-order valence-electron chi connectivity index (χ3n) is 2.27. The average Bonchev–Trinajstić information content (AvgIpc) is 2.33. The third kappa shape index (κ3) is 6.59. The standard InChI is InChI=1S/C11H15N.C4H9N/c1-3-5-10-6-7-11(12)8-9(10)4-2;1-2-3-4-5/h3,5-8H,4,12H2,1-2H3;2-3H,4-5H2,1H3/b5-3+;3-2-. The minimum absolute atomic E-state index is 0.663. The molecule has 0 heterocycles. The summed E-state index contributed by atoms with van der Waals surface area (Å²) in [5.74, 6) is 0. The molecule has 0 atom stereocenters. The van der Waals surface area contributed by atoms with E-state index in [4.69, 9.17) is 11.5 Å². The van der Waals surface area contributed by atoms with Gasteiger partial charge in [-0.1, -0.05) is 37.3 Å². The van der Waals surface area contributed by atoms with E-state index in [1.807, 2.05) is 44.2 Å². The molecule has 0 radical (unpaired) electrons. The van der Waals surface area contributed by atoms with Crippen molar-refractivity contribution in [2.45, 2.75) is 27.2 Å². The molecule has 17 heavy (non-hydrogen) atoms. The number of aryl methyl sites for hydroxylation is 1. The Morgan fingerprint density at radius 2 is 1.88 bits per heavy atom. The average molecular weight is 232 g/mol. The van der Waals surface area contributed by atoms with Crippen LogP contribution in [0.1, 0.15) is 31.9 Å². The summed E-state index contributed by atoms with van der Waals surface area (Å²) in [6, 6.07) is 6.04. The quantitative estimate of drug-likeness (QED) is 0.620. The predicted molar refractivity (Wildman–Crippen MR) is 78.8 cm³/mol. The second kappa shape index (κ2) is 9.67. The zero-order valence-electron chi connectivity index (χ0n) is 11.1. The van der Waals surface area contributed by atoms with E-state index in [1.54, 1.807) is 0 Å². The van der Waals surface area contributed by atoms with Crippen LogP contribution in [-0.2, 0) is 6.42 Å². The fourth-order valence-corrected chi connectivity index (χ4v) is 1.41. The van der Waals surface area contributed by atoms with Crippen molar-refractivity contribution in [3.8, 4) is 0 Å². The number of hydrogen-bond acceptors (Lipinski definition) is 2. The zero-order valence-corrected chi connectivity index (χ0v) is 11.1. The molecule has 94 valence electrons. The van der Waals surface area contributed by atoms with E-state index >= 15 is 0 Å². The molecule has 0 amide bonds. The predicted octanol–water partition coefficient (Wildman–Crippen LogP) is 3.39. The van der Waals surface area contributed by atoms with Gasteiger partial charge >= 0.3 is 0 Å². The summed E-state index contributed by atoms with van der Waals surface area (Å²) < 4.78 is 0. The monoisotopic (exact) mass is 232 g/mol. The van der Waals surface area contributed by atoms with Gasteiger partial charge in [0.25, 0.3) is 0 Å². The van der Waals surface area contributed by atoms with Gasteiger partial charge in [-0.05, 0) is 43.5 Å². The fraction of sp³-hybridized carbons (Fsp3) is 0.333. The Labute approximate surface area is 105 Å². The molecule has 2 nitrogen and oxygen atoms in total. The largest absolute Gasteiger partial charge is 0.399 e. The van der Waals surface area contributed by atoms with Crippen LogP contribution in [0.3, 0.4) is 0 Å². The maximum absolute atomic E-state index is 5.68. The molecule has 0 saturated heterocycles. The van der Waals surface area contributed by atoms with Crippen LogP contribution in [0.2, 0.25) is 0 Å². The van der Waals surface area contributed by atoms with Gasteiger partial charge in [-0.3, -0.25) is 0 Å². The summed E-state index contributed by atoms with van der Waals surface area (Å²) in [6.07, 6.45) is 9.02. The zero-order chi connectivity index (χ0) is 13.1. The van der Waals surface area contributed by atoms with E-state index in [2.05, 4.69) is 19.1 Å². The van der Waals surface area contributed by atoms with Crippen molar-refractivity contribution in [2.75, 3.05) is 12.3 Å². The van der Waals surface area contributed by atoms with Crippen molar-refractivity contribution < 1.29 is 0 Å². The molecule has 0 aliphatic heterocycles. The molecule has 1 aromatic carbocycles. The van der Waals surface area contributed by atoms with Crippen molar-refractivity contribution in [2.24, 2.45) is 5.73 Å². The molecule has 0 unspecified atom stereocenters. The molecule has 0 aliphatic carbocycles. The molecule has 1 aromatic rings. The van der Waals surface area contributed by atoms with Crippen molar-refractivity contribution in [3.05, 3.63) is 47.6 Å². The van der Waals surface area contributed by atoms with Crippen molar-refractivity contribution in [1.82, 2.24) is 0 Å². The normalized spacial score (nSPS) is 10.6. The molecular weight excluding hydrogens is 208 g/mol. The highest BCUT2D eigenvalue weighted by Crippen LogP contribution is 2.15. The first-order valence-electron chi connectivity index (χ1n) is 6.01. The first-order chi connectivity index (χ1) is 8.19. The van der Waals surface area contributed by atoms with Gasteiger partial charge in [-0.25, -0.2) is 0 Å². The molecular formula is C15H24N2. The van der Waals surface area contributed by atoms with E-state index in [1.165, 1.54) is 11.1 Å². The lowest BCUT2D eigenvalue weighted by Gasteiger charge is -2.03. The summed E-state index contributed by atoms with van der Waals surface area (Å²) in [7, 11) is 0. The second-order valence-corrected chi connectivity index (χ2v) is 3.62. The Kier molecular flexibility index (Phi) is 8.79. The number of anilines is 1. The first-order valence-corrected chi connectivity index (χ1v) is 6.01. The summed E-state index contributed by atoms with van der Waals surface area (Å²) in [5.41, 5.74) is 14.2. The minimum atomic E-state index is 0.663. The Morgan fingerprint density at radius 1 is 1.18 bits per heavy atom. The van der Waals surface area contributed by atoms with E-state index in [9.17, 15) is 0 Å². The van der Waals surface area contributed by atoms with Crippen molar-refractivity contribution in [3.63, 3.8) is 0 Å². The van der Waals surface area contributed by atoms with Gasteiger partial charge in [0.2, 0.25) is 0 Å². The lowest BCUT2D eigenvalue weighted by molar-refractivity contribution is 1.13. The number of hydrogen-bond donors (Lipinski definition) is 2. The van der Waals surface area contributed by atoms with Crippen LogP contribution < -0.4 is 11.5 Å². The number of allylic oxidation sites excluding steroid dienone is 2. The van der Waals surface area contributed by atoms with Gasteiger partial charge in [0.1, 0.15) is 0 Å². The lowest BCUT2D eigenvalue weighted by atomic mass is 10.0. The molecule has 0 saturated carbocycles. The maximum atomic E-state index is 5.68. The summed E-state index contributed by atoms with van der Waals surface area (Å²) in [5, 5.41) is 0. The van der Waals surface area contributed by atoms with Gasteiger partial charge in [0, 0.05) is 12.2 Å². The SMILES string of the molecule is C/C=C/c1ccc(N)cc1CC.C/C=C\CN. The Balaban J connectivity index is 0.000000437. The molecule has 0 aromatic heterocycles. The Hall–Kier alpha value is -1.54. The molecule has 0 fully saturated rings. The molecule has 0 aliphatic rings. The fourth-order valence-electron chi connectivity index (χ4n) is 1.41. The van der Waals surface area contributed by atoms with E-state index < -0.39 is 0 Å². The number of benzene rings is 1. The van der Waals surface area contributed by atoms with Crippen LogP contribution in [0.15, 0.2) is 36.4 Å². The maximum Gasteiger partial charge on any atom is 0.0317 e. The summed E-state index contributed by atoms with van der Waals surface area (Å²) >= 11 is 0. The third-order valence-corrected chi connectivity index (χ3v) is 2.27. The molecule has 0 bridgehead atoms. The smallest absolute Gasteiger partial charge is 0.0317 e. The van der Waals surface area contributed by atoms with Gasteiger partial charge in [0.15, 0.2) is 0 Å².